The van der Waals surface area contributed by atoms with Gasteiger partial charge in [-0.25, -0.2) is 4.98 Å². The molecule has 1 aromatic heterocycles. The molecular weight excluding hydrogens is 556 g/mol. The van der Waals surface area contributed by atoms with E-state index in [2.05, 4.69) is 42.7 Å². The summed E-state index contributed by atoms with van der Waals surface area (Å²) in [6.07, 6.45) is 2.40. The number of nitrogens with one attached hydrogen (secondary N) is 2. The third-order valence-corrected chi connectivity index (χ3v) is 6.96. The maximum atomic E-state index is 13.0. The van der Waals surface area contributed by atoms with Crippen molar-refractivity contribution in [2.75, 3.05) is 44.2 Å². The summed E-state index contributed by atoms with van der Waals surface area (Å²) in [5, 5.41) is 6.54. The number of halogens is 2. The van der Waals surface area contributed by atoms with E-state index < -0.39 is 18.7 Å². The van der Waals surface area contributed by atoms with E-state index in [1.807, 2.05) is 19.4 Å². The van der Waals surface area contributed by atoms with Crippen LogP contribution in [0.4, 0.5) is 27.0 Å². The standard InChI is InChI=1S/C24H28ClFN5O5PS/c1-5-31-9-8-15-11-21(34-2)20(10-16(15)14-31)29-24-27-13-18(25)23(30-24)28-19-7-6-17(36-38(26,32)33)12-22(19)35-37(3)4/h6-7,10-13H,5,8-9,14H2,1-4H3,(H2,27,28,29,30). The smallest absolute Gasteiger partial charge is 0.488 e. The third-order valence-electron chi connectivity index (χ3n) is 5.73. The Morgan fingerprint density at radius 2 is 1.92 bits per heavy atom. The number of anilines is 4. The Morgan fingerprint density at radius 1 is 1.13 bits per heavy atom. The minimum absolute atomic E-state index is 0.234. The van der Waals surface area contributed by atoms with Gasteiger partial charge in [-0.15, -0.1) is 0 Å². The number of rotatable bonds is 10. The van der Waals surface area contributed by atoms with Crippen molar-refractivity contribution >= 4 is 53.4 Å². The number of hydrogen-bond donors (Lipinski definition) is 2. The molecule has 3 aromatic rings. The van der Waals surface area contributed by atoms with Crippen LogP contribution in [0.2, 0.25) is 5.02 Å². The summed E-state index contributed by atoms with van der Waals surface area (Å²) >= 11 is 6.38. The minimum Gasteiger partial charge on any atom is -0.495 e. The number of nitrogens with zero attached hydrogens (tertiary/aromatic N) is 3. The molecule has 0 aliphatic carbocycles. The second kappa shape index (κ2) is 11.9. The predicted octanol–water partition coefficient (Wildman–Crippen LogP) is 5.63. The Kier molecular flexibility index (Phi) is 8.77. The lowest BCUT2D eigenvalue weighted by Gasteiger charge is -2.28. The van der Waals surface area contributed by atoms with E-state index >= 15 is 0 Å². The van der Waals surface area contributed by atoms with Crippen molar-refractivity contribution in [2.45, 2.75) is 19.9 Å². The van der Waals surface area contributed by atoms with Crippen LogP contribution in [0.5, 0.6) is 17.2 Å². The van der Waals surface area contributed by atoms with Crippen molar-refractivity contribution in [2.24, 2.45) is 0 Å². The van der Waals surface area contributed by atoms with Crippen LogP contribution in [0, 0.1) is 0 Å². The van der Waals surface area contributed by atoms with Gasteiger partial charge in [0, 0.05) is 19.2 Å². The van der Waals surface area contributed by atoms with Gasteiger partial charge in [0.2, 0.25) is 5.95 Å². The molecule has 1 aliphatic heterocycles. The van der Waals surface area contributed by atoms with Crippen molar-refractivity contribution in [3.8, 4) is 17.2 Å². The monoisotopic (exact) mass is 583 g/mol. The molecule has 14 heteroatoms. The maximum Gasteiger partial charge on any atom is 0.488 e. The van der Waals surface area contributed by atoms with Gasteiger partial charge in [-0.3, -0.25) is 4.90 Å². The van der Waals surface area contributed by atoms with Gasteiger partial charge < -0.3 is 24.1 Å². The molecule has 0 amide bonds. The molecule has 0 saturated carbocycles. The average molecular weight is 584 g/mol. The fourth-order valence-corrected chi connectivity index (χ4v) is 5.01. The molecule has 0 radical (unpaired) electrons. The Morgan fingerprint density at radius 3 is 2.61 bits per heavy atom. The number of aromatic nitrogens is 2. The fraction of sp³-hybridized carbons (Fsp3) is 0.333. The van der Waals surface area contributed by atoms with Crippen LogP contribution in [-0.4, -0.2) is 56.8 Å². The summed E-state index contributed by atoms with van der Waals surface area (Å²) in [6.45, 7) is 8.68. The van der Waals surface area contributed by atoms with Gasteiger partial charge in [-0.2, -0.15) is 13.4 Å². The van der Waals surface area contributed by atoms with Crippen molar-refractivity contribution in [1.82, 2.24) is 14.9 Å². The van der Waals surface area contributed by atoms with E-state index in [9.17, 15) is 12.3 Å². The van der Waals surface area contributed by atoms with E-state index in [1.165, 1.54) is 35.5 Å². The number of fused-ring (bicyclic) bond motifs is 1. The van der Waals surface area contributed by atoms with Crippen molar-refractivity contribution < 1.29 is 25.7 Å². The summed E-state index contributed by atoms with van der Waals surface area (Å²) in [6, 6.07) is 8.12. The largest absolute Gasteiger partial charge is 0.495 e. The zero-order chi connectivity index (χ0) is 27.4. The van der Waals surface area contributed by atoms with Gasteiger partial charge in [0.05, 0.1) is 32.8 Å². The summed E-state index contributed by atoms with van der Waals surface area (Å²) in [5.41, 5.74) is 3.60. The lowest BCUT2D eigenvalue weighted by molar-refractivity contribution is 0.267. The molecule has 2 heterocycles. The first-order chi connectivity index (χ1) is 18.0. The number of benzene rings is 2. The molecule has 0 fully saturated rings. The molecule has 10 nitrogen and oxygen atoms in total. The molecule has 0 atom stereocenters. The lowest BCUT2D eigenvalue weighted by atomic mass is 9.98. The topological polar surface area (TPSA) is 115 Å². The molecule has 1 aliphatic rings. The van der Waals surface area contributed by atoms with Crippen LogP contribution in [0.25, 0.3) is 0 Å². The quantitative estimate of drug-likeness (QED) is 0.230. The molecule has 4 rings (SSSR count). The second-order valence-corrected chi connectivity index (χ2v) is 11.8. The fourth-order valence-electron chi connectivity index (χ4n) is 3.99. The molecule has 2 N–H and O–H groups in total. The molecule has 0 bridgehead atoms. The second-order valence-electron chi connectivity index (χ2n) is 8.62. The lowest BCUT2D eigenvalue weighted by Crippen LogP contribution is -2.30. The molecule has 38 heavy (non-hydrogen) atoms. The van der Waals surface area contributed by atoms with Gasteiger partial charge in [0.1, 0.15) is 22.3 Å². The van der Waals surface area contributed by atoms with Gasteiger partial charge in [0.15, 0.2) is 5.82 Å². The average Bonchev–Trinajstić information content (AvgIpc) is 2.85. The Balaban J connectivity index is 1.62. The third kappa shape index (κ3) is 7.13. The van der Waals surface area contributed by atoms with Gasteiger partial charge in [-0.05, 0) is 61.7 Å². The molecule has 204 valence electrons. The molecule has 0 unspecified atom stereocenters. The first kappa shape index (κ1) is 28.1. The van der Waals surface area contributed by atoms with Crippen molar-refractivity contribution in [3.05, 3.63) is 52.7 Å². The van der Waals surface area contributed by atoms with E-state index in [0.29, 0.717) is 11.4 Å². The zero-order valence-electron chi connectivity index (χ0n) is 21.3. The number of likely N-dealkylation sites (N-methyl/N-ethyl adjacent to an activating group) is 1. The van der Waals surface area contributed by atoms with Crippen LogP contribution < -0.4 is 24.1 Å². The van der Waals surface area contributed by atoms with Crippen LogP contribution in [0.3, 0.4) is 0 Å². The van der Waals surface area contributed by atoms with Gasteiger partial charge in [-0.1, -0.05) is 22.4 Å². The van der Waals surface area contributed by atoms with E-state index in [4.69, 9.17) is 20.9 Å². The molecule has 0 saturated heterocycles. The van der Waals surface area contributed by atoms with Gasteiger partial charge in [0.25, 0.3) is 0 Å². The Bertz CT molecular complexity index is 1430. The first-order valence-electron chi connectivity index (χ1n) is 11.7. The molecular formula is C24H28ClFN5O5PS. The van der Waals surface area contributed by atoms with Crippen LogP contribution in [-0.2, 0) is 23.5 Å². The predicted molar refractivity (Wildman–Crippen MR) is 148 cm³/mol. The van der Waals surface area contributed by atoms with Gasteiger partial charge >= 0.3 is 10.5 Å². The normalized spacial score (nSPS) is 13.7. The zero-order valence-corrected chi connectivity index (χ0v) is 23.8. The highest BCUT2D eigenvalue weighted by Crippen LogP contribution is 2.40. The maximum absolute atomic E-state index is 13.0. The van der Waals surface area contributed by atoms with E-state index in [0.717, 1.165) is 31.7 Å². The van der Waals surface area contributed by atoms with E-state index in [-0.39, 0.29) is 28.3 Å². The highest BCUT2D eigenvalue weighted by molar-refractivity contribution is 7.81. The Labute approximate surface area is 227 Å². The molecule has 0 spiro atoms. The number of ether oxygens (including phenoxy) is 1. The SMILES string of the molecule is CCN1CCc2cc(OC)c(Nc3ncc(Cl)c(Nc4ccc(OS(=O)(=O)F)cc4OP(C)C)n3)cc2C1. The summed E-state index contributed by atoms with van der Waals surface area (Å²) in [5.74, 6) is 1.23. The van der Waals surface area contributed by atoms with Crippen molar-refractivity contribution in [3.63, 3.8) is 0 Å². The van der Waals surface area contributed by atoms with Crippen LogP contribution in [0.1, 0.15) is 18.1 Å². The number of methoxy groups -OCH3 is 1. The molecule has 2 aromatic carbocycles. The summed E-state index contributed by atoms with van der Waals surface area (Å²) < 4.78 is 50.6. The minimum atomic E-state index is -5.19. The van der Waals surface area contributed by atoms with Crippen LogP contribution >= 0.6 is 19.7 Å². The highest BCUT2D eigenvalue weighted by atomic mass is 35.5. The number of hydrogen-bond acceptors (Lipinski definition) is 10. The van der Waals surface area contributed by atoms with Crippen molar-refractivity contribution in [1.29, 1.82) is 0 Å². The first-order valence-corrected chi connectivity index (χ1v) is 15.5. The van der Waals surface area contributed by atoms with E-state index in [1.54, 1.807) is 7.11 Å². The van der Waals surface area contributed by atoms with Crippen LogP contribution in [0.15, 0.2) is 36.5 Å². The summed E-state index contributed by atoms with van der Waals surface area (Å²) in [4.78, 5) is 11.2. The summed E-state index contributed by atoms with van der Waals surface area (Å²) in [7, 11) is -4.48. The highest BCUT2D eigenvalue weighted by Gasteiger charge is 2.20. The Hall–Kier alpha value is -2.92.